The van der Waals surface area contributed by atoms with Crippen molar-refractivity contribution >= 4 is 21.8 Å². The Morgan fingerprint density at radius 2 is 2.11 bits per heavy atom. The van der Waals surface area contributed by atoms with Gasteiger partial charge in [0.1, 0.15) is 5.82 Å². The number of hydrogen-bond acceptors (Lipinski definition) is 1. The summed E-state index contributed by atoms with van der Waals surface area (Å²) in [5, 5.41) is 0. The predicted molar refractivity (Wildman–Crippen MR) is 73.0 cm³/mol. The standard InChI is InChI=1S/C14H17BrFNO/c1-2-10-5-7-17(8-6-10)14(18)11-3-4-13(16)12(15)9-11/h3-4,9-10H,2,5-8H2,1H3. The maximum absolute atomic E-state index is 13.1. The van der Waals surface area contributed by atoms with E-state index in [-0.39, 0.29) is 11.7 Å². The minimum atomic E-state index is -0.337. The zero-order valence-corrected chi connectivity index (χ0v) is 12.0. The summed E-state index contributed by atoms with van der Waals surface area (Å²) in [7, 11) is 0. The Balaban J connectivity index is 2.05. The fourth-order valence-corrected chi connectivity index (χ4v) is 2.73. The van der Waals surface area contributed by atoms with Gasteiger partial charge in [0.25, 0.3) is 5.91 Å². The number of carbonyl (C=O) groups excluding carboxylic acids is 1. The Morgan fingerprint density at radius 1 is 1.44 bits per heavy atom. The van der Waals surface area contributed by atoms with Gasteiger partial charge < -0.3 is 4.90 Å². The summed E-state index contributed by atoms with van der Waals surface area (Å²) in [6.07, 6.45) is 3.33. The van der Waals surface area contributed by atoms with E-state index < -0.39 is 0 Å². The van der Waals surface area contributed by atoms with Gasteiger partial charge in [0.05, 0.1) is 4.47 Å². The number of carbonyl (C=O) groups is 1. The van der Waals surface area contributed by atoms with Crippen LogP contribution in [0.25, 0.3) is 0 Å². The molecule has 0 aliphatic carbocycles. The molecule has 0 spiro atoms. The number of piperidine rings is 1. The zero-order chi connectivity index (χ0) is 13.1. The summed E-state index contributed by atoms with van der Waals surface area (Å²) >= 11 is 3.11. The molecule has 0 radical (unpaired) electrons. The first kappa shape index (κ1) is 13.5. The topological polar surface area (TPSA) is 20.3 Å². The van der Waals surface area contributed by atoms with Crippen LogP contribution in [0.4, 0.5) is 4.39 Å². The van der Waals surface area contributed by atoms with Gasteiger partial charge >= 0.3 is 0 Å². The third-order valence-corrected chi connectivity index (χ3v) is 4.25. The number of nitrogens with zero attached hydrogens (tertiary/aromatic N) is 1. The first-order valence-corrected chi connectivity index (χ1v) is 7.15. The van der Waals surface area contributed by atoms with E-state index in [4.69, 9.17) is 0 Å². The summed E-state index contributed by atoms with van der Waals surface area (Å²) in [6, 6.07) is 4.44. The molecule has 1 saturated heterocycles. The van der Waals surface area contributed by atoms with Crippen LogP contribution < -0.4 is 0 Å². The molecule has 1 aliphatic rings. The van der Waals surface area contributed by atoms with Gasteiger partial charge in [-0.05, 0) is 52.9 Å². The van der Waals surface area contributed by atoms with Crippen molar-refractivity contribution in [1.82, 2.24) is 4.90 Å². The molecule has 0 unspecified atom stereocenters. The highest BCUT2D eigenvalue weighted by Crippen LogP contribution is 2.23. The highest BCUT2D eigenvalue weighted by Gasteiger charge is 2.22. The molecular weight excluding hydrogens is 297 g/mol. The lowest BCUT2D eigenvalue weighted by Crippen LogP contribution is -2.38. The van der Waals surface area contributed by atoms with Crippen molar-refractivity contribution in [2.45, 2.75) is 26.2 Å². The molecule has 1 fully saturated rings. The highest BCUT2D eigenvalue weighted by molar-refractivity contribution is 9.10. The van der Waals surface area contributed by atoms with Crippen molar-refractivity contribution in [3.05, 3.63) is 34.1 Å². The van der Waals surface area contributed by atoms with Crippen molar-refractivity contribution in [2.24, 2.45) is 5.92 Å². The monoisotopic (exact) mass is 313 g/mol. The molecule has 0 bridgehead atoms. The lowest BCUT2D eigenvalue weighted by molar-refractivity contribution is 0.0688. The van der Waals surface area contributed by atoms with E-state index in [1.165, 1.54) is 12.5 Å². The number of rotatable bonds is 2. The molecule has 0 saturated carbocycles. The van der Waals surface area contributed by atoms with Gasteiger partial charge in [-0.2, -0.15) is 0 Å². The van der Waals surface area contributed by atoms with Crippen LogP contribution in [0.3, 0.4) is 0 Å². The fourth-order valence-electron chi connectivity index (χ4n) is 2.36. The van der Waals surface area contributed by atoms with Gasteiger partial charge in [0, 0.05) is 18.7 Å². The zero-order valence-electron chi connectivity index (χ0n) is 10.5. The maximum atomic E-state index is 13.1. The SMILES string of the molecule is CCC1CCN(C(=O)c2ccc(F)c(Br)c2)CC1. The van der Waals surface area contributed by atoms with E-state index in [2.05, 4.69) is 22.9 Å². The predicted octanol–water partition coefficient (Wildman–Crippen LogP) is 3.85. The molecule has 1 aliphatic heterocycles. The summed E-state index contributed by atoms with van der Waals surface area (Å²) in [4.78, 5) is 14.1. The lowest BCUT2D eigenvalue weighted by Gasteiger charge is -2.31. The molecule has 0 atom stereocenters. The quantitative estimate of drug-likeness (QED) is 0.812. The van der Waals surface area contributed by atoms with Gasteiger partial charge in [-0.25, -0.2) is 4.39 Å². The summed E-state index contributed by atoms with van der Waals surface area (Å²) < 4.78 is 13.5. The average molecular weight is 314 g/mol. The number of amides is 1. The lowest BCUT2D eigenvalue weighted by atomic mass is 9.94. The van der Waals surface area contributed by atoms with Gasteiger partial charge in [0.2, 0.25) is 0 Å². The maximum Gasteiger partial charge on any atom is 0.253 e. The molecule has 1 amide bonds. The third-order valence-electron chi connectivity index (χ3n) is 3.65. The number of hydrogen-bond donors (Lipinski definition) is 0. The van der Waals surface area contributed by atoms with Gasteiger partial charge in [-0.15, -0.1) is 0 Å². The summed E-state index contributed by atoms with van der Waals surface area (Å²) in [6.45, 7) is 3.82. The Labute approximate surface area is 115 Å². The molecule has 1 aromatic carbocycles. The minimum absolute atomic E-state index is 0.00486. The molecule has 1 aromatic rings. The van der Waals surface area contributed by atoms with Crippen molar-refractivity contribution < 1.29 is 9.18 Å². The molecule has 0 N–H and O–H groups in total. The van der Waals surface area contributed by atoms with Crippen molar-refractivity contribution in [1.29, 1.82) is 0 Å². The Bertz CT molecular complexity index is 441. The van der Waals surface area contributed by atoms with Crippen molar-refractivity contribution in [3.8, 4) is 0 Å². The molecule has 0 aromatic heterocycles. The molecule has 1 heterocycles. The first-order chi connectivity index (χ1) is 8.61. The Morgan fingerprint density at radius 3 is 2.67 bits per heavy atom. The second-order valence-corrected chi connectivity index (χ2v) is 5.63. The molecular formula is C14H17BrFNO. The fraction of sp³-hybridized carbons (Fsp3) is 0.500. The number of benzene rings is 1. The van der Waals surface area contributed by atoms with E-state index >= 15 is 0 Å². The summed E-state index contributed by atoms with van der Waals surface area (Å²) in [5.41, 5.74) is 0.554. The Kier molecular flexibility index (Phi) is 4.38. The number of halogens is 2. The average Bonchev–Trinajstić information content (AvgIpc) is 2.41. The van der Waals surface area contributed by atoms with E-state index in [1.54, 1.807) is 12.1 Å². The number of likely N-dealkylation sites (tertiary alicyclic amines) is 1. The largest absolute Gasteiger partial charge is 0.339 e. The van der Waals surface area contributed by atoms with Crippen molar-refractivity contribution in [3.63, 3.8) is 0 Å². The van der Waals surface area contributed by atoms with Crippen LogP contribution in [-0.2, 0) is 0 Å². The second-order valence-electron chi connectivity index (χ2n) is 4.77. The van der Waals surface area contributed by atoms with E-state index in [0.29, 0.717) is 10.0 Å². The van der Waals surface area contributed by atoms with Gasteiger partial charge in [-0.3, -0.25) is 4.79 Å². The second kappa shape index (κ2) is 5.83. The molecule has 2 rings (SSSR count). The molecule has 18 heavy (non-hydrogen) atoms. The molecule has 98 valence electrons. The van der Waals surface area contributed by atoms with E-state index in [1.807, 2.05) is 4.90 Å². The van der Waals surface area contributed by atoms with Crippen LogP contribution in [0.5, 0.6) is 0 Å². The van der Waals surface area contributed by atoms with Crippen molar-refractivity contribution in [2.75, 3.05) is 13.1 Å². The van der Waals surface area contributed by atoms with Crippen LogP contribution in [-0.4, -0.2) is 23.9 Å². The van der Waals surface area contributed by atoms with Crippen LogP contribution in [0, 0.1) is 11.7 Å². The van der Waals surface area contributed by atoms with Crippen LogP contribution in [0.15, 0.2) is 22.7 Å². The van der Waals surface area contributed by atoms with E-state index in [9.17, 15) is 9.18 Å². The Hall–Kier alpha value is -0.900. The highest BCUT2D eigenvalue weighted by atomic mass is 79.9. The van der Waals surface area contributed by atoms with Gasteiger partial charge in [-0.1, -0.05) is 13.3 Å². The normalized spacial score (nSPS) is 16.9. The van der Waals surface area contributed by atoms with Crippen LogP contribution in [0.2, 0.25) is 0 Å². The summed E-state index contributed by atoms with van der Waals surface area (Å²) in [5.74, 6) is 0.412. The third kappa shape index (κ3) is 2.91. The minimum Gasteiger partial charge on any atom is -0.339 e. The molecule has 2 nitrogen and oxygen atoms in total. The molecule has 4 heteroatoms. The first-order valence-electron chi connectivity index (χ1n) is 6.36. The van der Waals surface area contributed by atoms with Crippen LogP contribution in [0.1, 0.15) is 36.5 Å². The van der Waals surface area contributed by atoms with Gasteiger partial charge in [0.15, 0.2) is 0 Å². The smallest absolute Gasteiger partial charge is 0.253 e. The van der Waals surface area contributed by atoms with Crippen LogP contribution >= 0.6 is 15.9 Å². The van der Waals surface area contributed by atoms with E-state index in [0.717, 1.165) is 31.8 Å².